The molecule has 24 heavy (non-hydrogen) atoms. The van der Waals surface area contributed by atoms with Crippen LogP contribution in [0.15, 0.2) is 24.3 Å². The molecule has 3 heteroatoms. The molecule has 0 saturated carbocycles. The molecule has 0 spiro atoms. The Bertz CT molecular complexity index is 468. The summed E-state index contributed by atoms with van der Waals surface area (Å²) in [7, 11) is 1.65. The lowest BCUT2D eigenvalue weighted by molar-refractivity contribution is 0.00236. The number of benzene rings is 1. The Morgan fingerprint density at radius 3 is 2.42 bits per heavy atom. The minimum Gasteiger partial charge on any atom is -0.456 e. The summed E-state index contributed by atoms with van der Waals surface area (Å²) >= 11 is 0. The summed E-state index contributed by atoms with van der Waals surface area (Å²) in [6.45, 7) is 7.08. The molecular weight excluding hydrogens is 300 g/mol. The van der Waals surface area contributed by atoms with Gasteiger partial charge >= 0.3 is 5.97 Å². The molecule has 1 atom stereocenters. The van der Waals surface area contributed by atoms with E-state index in [4.69, 9.17) is 9.47 Å². The van der Waals surface area contributed by atoms with Gasteiger partial charge in [-0.1, -0.05) is 58.6 Å². The third kappa shape index (κ3) is 8.49. The molecule has 0 aliphatic heterocycles. The van der Waals surface area contributed by atoms with E-state index in [-0.39, 0.29) is 12.1 Å². The zero-order valence-corrected chi connectivity index (χ0v) is 15.8. The van der Waals surface area contributed by atoms with Gasteiger partial charge in [0.1, 0.15) is 6.10 Å². The Kier molecular flexibility index (Phi) is 10.4. The Morgan fingerprint density at radius 1 is 1.08 bits per heavy atom. The highest BCUT2D eigenvalue weighted by molar-refractivity contribution is 5.89. The average Bonchev–Trinajstić information content (AvgIpc) is 2.57. The fourth-order valence-corrected chi connectivity index (χ4v) is 2.78. The van der Waals surface area contributed by atoms with Crippen molar-refractivity contribution in [2.24, 2.45) is 5.92 Å². The standard InChI is InChI=1S/C21H34O3/c1-5-18-12-10-13-19(15-18)21(22)24-20(16-23-4)14-9-7-6-8-11-17(2)3/h10,12-13,15,17,20H,5-9,11,14,16H2,1-4H3. The topological polar surface area (TPSA) is 35.5 Å². The second-order valence-corrected chi connectivity index (χ2v) is 6.92. The highest BCUT2D eigenvalue weighted by Gasteiger charge is 2.16. The van der Waals surface area contributed by atoms with Gasteiger partial charge < -0.3 is 9.47 Å². The molecule has 1 aromatic carbocycles. The third-order valence-electron chi connectivity index (χ3n) is 4.25. The van der Waals surface area contributed by atoms with Gasteiger partial charge in [0, 0.05) is 7.11 Å². The van der Waals surface area contributed by atoms with Crippen LogP contribution >= 0.6 is 0 Å². The smallest absolute Gasteiger partial charge is 0.338 e. The summed E-state index contributed by atoms with van der Waals surface area (Å²) in [6.07, 6.45) is 7.74. The summed E-state index contributed by atoms with van der Waals surface area (Å²) in [5.41, 5.74) is 1.78. The largest absolute Gasteiger partial charge is 0.456 e. The van der Waals surface area contributed by atoms with Crippen LogP contribution in [0, 0.1) is 5.92 Å². The number of hydrogen-bond donors (Lipinski definition) is 0. The fraction of sp³-hybridized carbons (Fsp3) is 0.667. The van der Waals surface area contributed by atoms with Crippen LogP contribution in [0.3, 0.4) is 0 Å². The van der Waals surface area contributed by atoms with Gasteiger partial charge in [-0.3, -0.25) is 0 Å². The molecule has 0 heterocycles. The molecule has 0 saturated heterocycles. The predicted molar refractivity (Wildman–Crippen MR) is 99.4 cm³/mol. The first kappa shape index (κ1) is 20.7. The van der Waals surface area contributed by atoms with Crippen LogP contribution < -0.4 is 0 Å². The first-order chi connectivity index (χ1) is 11.6. The zero-order chi connectivity index (χ0) is 17.8. The van der Waals surface area contributed by atoms with Crippen LogP contribution in [0.25, 0.3) is 0 Å². The van der Waals surface area contributed by atoms with Crippen LogP contribution in [0.2, 0.25) is 0 Å². The summed E-state index contributed by atoms with van der Waals surface area (Å²) in [6, 6.07) is 7.67. The van der Waals surface area contributed by atoms with Gasteiger partial charge in [0.15, 0.2) is 0 Å². The number of carbonyl (C=O) groups is 1. The lowest BCUT2D eigenvalue weighted by atomic mass is 10.0. The number of esters is 1. The third-order valence-corrected chi connectivity index (χ3v) is 4.25. The number of aryl methyl sites for hydroxylation is 1. The molecule has 0 aliphatic carbocycles. The van der Waals surface area contributed by atoms with Crippen LogP contribution in [-0.2, 0) is 15.9 Å². The number of rotatable bonds is 12. The van der Waals surface area contributed by atoms with E-state index in [0.29, 0.717) is 12.2 Å². The maximum absolute atomic E-state index is 12.3. The van der Waals surface area contributed by atoms with Crippen molar-refractivity contribution in [3.05, 3.63) is 35.4 Å². The Hall–Kier alpha value is -1.35. The fourth-order valence-electron chi connectivity index (χ4n) is 2.78. The van der Waals surface area contributed by atoms with Gasteiger partial charge in [-0.25, -0.2) is 4.79 Å². The predicted octanol–water partition coefficient (Wildman–Crippen LogP) is 5.42. The summed E-state index contributed by atoms with van der Waals surface area (Å²) in [5.74, 6) is 0.540. The van der Waals surface area contributed by atoms with E-state index in [1.54, 1.807) is 7.11 Å². The SMILES string of the molecule is CCc1cccc(C(=O)OC(CCCCCCC(C)C)COC)c1. The molecule has 1 rings (SSSR count). The van der Waals surface area contributed by atoms with Crippen molar-refractivity contribution >= 4 is 5.97 Å². The highest BCUT2D eigenvalue weighted by atomic mass is 16.6. The van der Waals surface area contributed by atoms with Gasteiger partial charge in [0.05, 0.1) is 12.2 Å². The van der Waals surface area contributed by atoms with Gasteiger partial charge in [0.2, 0.25) is 0 Å². The lowest BCUT2D eigenvalue weighted by Crippen LogP contribution is -2.23. The molecule has 136 valence electrons. The number of unbranched alkanes of at least 4 members (excludes halogenated alkanes) is 3. The Morgan fingerprint density at radius 2 is 1.79 bits per heavy atom. The molecule has 0 aliphatic rings. The van der Waals surface area contributed by atoms with Crippen molar-refractivity contribution < 1.29 is 14.3 Å². The molecule has 0 fully saturated rings. The number of ether oxygens (including phenoxy) is 2. The highest BCUT2D eigenvalue weighted by Crippen LogP contribution is 2.15. The van der Waals surface area contributed by atoms with Gasteiger partial charge in [-0.15, -0.1) is 0 Å². The second kappa shape index (κ2) is 12.1. The van der Waals surface area contributed by atoms with Crippen LogP contribution in [0.1, 0.15) is 75.2 Å². The summed E-state index contributed by atoms with van der Waals surface area (Å²) in [4.78, 5) is 12.3. The van der Waals surface area contributed by atoms with Gasteiger partial charge in [0.25, 0.3) is 0 Å². The van der Waals surface area contributed by atoms with Crippen LogP contribution in [0.5, 0.6) is 0 Å². The molecule has 0 aromatic heterocycles. The second-order valence-electron chi connectivity index (χ2n) is 6.92. The molecule has 0 amide bonds. The number of carbonyl (C=O) groups excluding carboxylic acids is 1. The lowest BCUT2D eigenvalue weighted by Gasteiger charge is -2.17. The summed E-state index contributed by atoms with van der Waals surface area (Å²) in [5, 5.41) is 0. The van der Waals surface area contributed by atoms with E-state index in [2.05, 4.69) is 20.8 Å². The molecule has 0 bridgehead atoms. The van der Waals surface area contributed by atoms with Crippen molar-refractivity contribution in [3.8, 4) is 0 Å². The normalized spacial score (nSPS) is 12.4. The van der Waals surface area contributed by atoms with E-state index < -0.39 is 0 Å². The van der Waals surface area contributed by atoms with Crippen molar-refractivity contribution in [1.29, 1.82) is 0 Å². The maximum atomic E-state index is 12.3. The monoisotopic (exact) mass is 334 g/mol. The molecule has 3 nitrogen and oxygen atoms in total. The van der Waals surface area contributed by atoms with E-state index >= 15 is 0 Å². The maximum Gasteiger partial charge on any atom is 0.338 e. The quantitative estimate of drug-likeness (QED) is 0.378. The molecule has 1 aromatic rings. The van der Waals surface area contributed by atoms with E-state index in [1.807, 2.05) is 24.3 Å². The first-order valence-electron chi connectivity index (χ1n) is 9.35. The number of methoxy groups -OCH3 is 1. The Labute approximate surface area is 147 Å². The zero-order valence-electron chi connectivity index (χ0n) is 15.8. The van der Waals surface area contributed by atoms with Crippen molar-refractivity contribution in [2.45, 2.75) is 71.8 Å². The van der Waals surface area contributed by atoms with Crippen LogP contribution in [0.4, 0.5) is 0 Å². The Balaban J connectivity index is 2.39. The van der Waals surface area contributed by atoms with E-state index in [9.17, 15) is 4.79 Å². The molecule has 1 unspecified atom stereocenters. The summed E-state index contributed by atoms with van der Waals surface area (Å²) < 4.78 is 10.9. The van der Waals surface area contributed by atoms with Gasteiger partial charge in [-0.05, 0) is 42.9 Å². The van der Waals surface area contributed by atoms with Crippen molar-refractivity contribution in [3.63, 3.8) is 0 Å². The van der Waals surface area contributed by atoms with Crippen molar-refractivity contribution in [1.82, 2.24) is 0 Å². The van der Waals surface area contributed by atoms with E-state index in [0.717, 1.165) is 30.7 Å². The molecule has 0 radical (unpaired) electrons. The van der Waals surface area contributed by atoms with E-state index in [1.165, 1.54) is 25.7 Å². The van der Waals surface area contributed by atoms with Crippen molar-refractivity contribution in [2.75, 3.05) is 13.7 Å². The van der Waals surface area contributed by atoms with Gasteiger partial charge in [-0.2, -0.15) is 0 Å². The minimum absolute atomic E-state index is 0.155. The number of hydrogen-bond acceptors (Lipinski definition) is 3. The molecule has 0 N–H and O–H groups in total. The average molecular weight is 335 g/mol. The molecular formula is C21H34O3. The minimum atomic E-state index is -0.243. The first-order valence-corrected chi connectivity index (χ1v) is 9.35. The van der Waals surface area contributed by atoms with Crippen LogP contribution in [-0.4, -0.2) is 25.8 Å².